The fraction of sp³-hybridized carbons (Fsp3) is 0.562. The number of rotatable bonds is 3. The molecule has 2 saturated heterocycles. The second kappa shape index (κ2) is 6.32. The summed E-state index contributed by atoms with van der Waals surface area (Å²) >= 11 is 0. The molecule has 2 heterocycles. The van der Waals surface area contributed by atoms with Gasteiger partial charge in [-0.2, -0.15) is 0 Å². The molecule has 0 radical (unpaired) electrons. The van der Waals surface area contributed by atoms with E-state index in [2.05, 4.69) is 15.8 Å². The molecule has 0 saturated carbocycles. The van der Waals surface area contributed by atoms with E-state index in [1.807, 2.05) is 26.1 Å². The molecule has 1 aromatic carbocycles. The molecule has 120 valence electrons. The third kappa shape index (κ3) is 2.99. The van der Waals surface area contributed by atoms with Crippen molar-refractivity contribution in [3.05, 3.63) is 35.6 Å². The van der Waals surface area contributed by atoms with Gasteiger partial charge in [-0.25, -0.2) is 9.82 Å². The maximum atomic E-state index is 13.1. The second-order valence-electron chi connectivity index (χ2n) is 6.25. The van der Waals surface area contributed by atoms with Crippen LogP contribution in [0.4, 0.5) is 4.39 Å². The van der Waals surface area contributed by atoms with E-state index in [4.69, 9.17) is 0 Å². The van der Waals surface area contributed by atoms with Crippen LogP contribution in [0.15, 0.2) is 24.3 Å². The molecule has 0 aromatic heterocycles. The van der Waals surface area contributed by atoms with Gasteiger partial charge in [-0.1, -0.05) is 12.1 Å². The van der Waals surface area contributed by atoms with E-state index >= 15 is 0 Å². The molecular weight excluding hydrogens is 283 g/mol. The monoisotopic (exact) mass is 306 g/mol. The van der Waals surface area contributed by atoms with Crippen molar-refractivity contribution in [3.63, 3.8) is 0 Å². The largest absolute Gasteiger partial charge is 0.343 e. The minimum Gasteiger partial charge on any atom is -0.343 e. The topological polar surface area (TPSA) is 47.6 Å². The predicted molar refractivity (Wildman–Crippen MR) is 82.4 cm³/mol. The maximum absolute atomic E-state index is 13.1. The summed E-state index contributed by atoms with van der Waals surface area (Å²) in [6, 6.07) is 6.70. The zero-order valence-electron chi connectivity index (χ0n) is 13.1. The molecular formula is C16H23FN4O. The smallest absolute Gasteiger partial charge is 0.239 e. The van der Waals surface area contributed by atoms with Crippen LogP contribution in [0.3, 0.4) is 0 Å². The molecule has 1 aromatic rings. The molecule has 0 spiro atoms. The summed E-state index contributed by atoms with van der Waals surface area (Å²) in [5.74, 6) is 0.317. The summed E-state index contributed by atoms with van der Waals surface area (Å²) < 4.78 is 13.1. The lowest BCUT2D eigenvalue weighted by Crippen LogP contribution is -2.55. The summed E-state index contributed by atoms with van der Waals surface area (Å²) in [7, 11) is 1.86. The number of carbonyl (C=O) groups excluding carboxylic acids is 1. The molecule has 3 atom stereocenters. The van der Waals surface area contributed by atoms with Crippen LogP contribution in [0.5, 0.6) is 0 Å². The van der Waals surface area contributed by atoms with Crippen LogP contribution in [0, 0.1) is 11.7 Å². The third-order valence-electron chi connectivity index (χ3n) is 4.80. The SMILES string of the molecule is CC1C(=O)N(C)CCN1CC1CNNC1c1ccc(F)cc1. The Labute approximate surface area is 130 Å². The van der Waals surface area contributed by atoms with Crippen molar-refractivity contribution in [2.45, 2.75) is 19.0 Å². The van der Waals surface area contributed by atoms with Gasteiger partial charge in [-0.3, -0.25) is 15.1 Å². The molecule has 22 heavy (non-hydrogen) atoms. The molecule has 3 unspecified atom stereocenters. The Balaban J connectivity index is 1.69. The van der Waals surface area contributed by atoms with E-state index in [0.29, 0.717) is 5.92 Å². The molecule has 3 rings (SSSR count). The first-order valence-corrected chi connectivity index (χ1v) is 7.79. The second-order valence-corrected chi connectivity index (χ2v) is 6.25. The van der Waals surface area contributed by atoms with E-state index in [1.165, 1.54) is 12.1 Å². The van der Waals surface area contributed by atoms with Gasteiger partial charge in [-0.05, 0) is 24.6 Å². The Morgan fingerprint density at radius 3 is 2.73 bits per heavy atom. The number of piperazine rings is 1. The van der Waals surface area contributed by atoms with E-state index in [9.17, 15) is 9.18 Å². The summed E-state index contributed by atoms with van der Waals surface area (Å²) in [4.78, 5) is 16.2. The van der Waals surface area contributed by atoms with E-state index in [0.717, 1.165) is 31.7 Å². The van der Waals surface area contributed by atoms with Gasteiger partial charge in [0.1, 0.15) is 5.82 Å². The van der Waals surface area contributed by atoms with Crippen LogP contribution >= 0.6 is 0 Å². The summed E-state index contributed by atoms with van der Waals surface area (Å²) in [6.45, 7) is 5.34. The highest BCUT2D eigenvalue weighted by Crippen LogP contribution is 2.27. The van der Waals surface area contributed by atoms with Crippen LogP contribution in [0.25, 0.3) is 0 Å². The fourth-order valence-electron chi connectivity index (χ4n) is 3.34. The standard InChI is InChI=1S/C16H23FN4O/c1-11-16(22)20(2)7-8-21(11)10-13-9-18-19-15(13)12-3-5-14(17)6-4-12/h3-6,11,13,15,18-19H,7-10H2,1-2H3. The van der Waals surface area contributed by atoms with Crippen molar-refractivity contribution >= 4 is 5.91 Å². The van der Waals surface area contributed by atoms with Crippen LogP contribution in [-0.4, -0.2) is 55.0 Å². The number of amides is 1. The molecule has 0 bridgehead atoms. The average Bonchev–Trinajstić information content (AvgIpc) is 2.97. The van der Waals surface area contributed by atoms with E-state index < -0.39 is 0 Å². The van der Waals surface area contributed by atoms with Crippen molar-refractivity contribution in [1.82, 2.24) is 20.7 Å². The van der Waals surface area contributed by atoms with Gasteiger partial charge >= 0.3 is 0 Å². The highest BCUT2D eigenvalue weighted by molar-refractivity contribution is 5.81. The van der Waals surface area contributed by atoms with Gasteiger partial charge in [0.2, 0.25) is 5.91 Å². The Hall–Kier alpha value is -1.50. The van der Waals surface area contributed by atoms with Gasteiger partial charge in [0, 0.05) is 39.1 Å². The predicted octanol–water partition coefficient (Wildman–Crippen LogP) is 0.753. The summed E-state index contributed by atoms with van der Waals surface area (Å²) in [5.41, 5.74) is 7.54. The normalized spacial score (nSPS) is 30.0. The molecule has 1 amide bonds. The molecule has 2 aliphatic heterocycles. The summed E-state index contributed by atoms with van der Waals surface area (Å²) in [5, 5.41) is 0. The Kier molecular flexibility index (Phi) is 4.42. The van der Waals surface area contributed by atoms with Crippen molar-refractivity contribution in [1.29, 1.82) is 0 Å². The number of nitrogens with one attached hydrogen (secondary N) is 2. The van der Waals surface area contributed by atoms with Gasteiger partial charge in [0.05, 0.1) is 12.1 Å². The quantitative estimate of drug-likeness (QED) is 0.865. The molecule has 6 heteroatoms. The minimum atomic E-state index is -0.218. The zero-order chi connectivity index (χ0) is 15.7. The number of nitrogens with zero attached hydrogens (tertiary/aromatic N) is 2. The van der Waals surface area contributed by atoms with Crippen LogP contribution in [-0.2, 0) is 4.79 Å². The van der Waals surface area contributed by atoms with Gasteiger partial charge in [0.15, 0.2) is 0 Å². The van der Waals surface area contributed by atoms with Crippen molar-refractivity contribution in [2.24, 2.45) is 5.92 Å². The number of hydrogen-bond acceptors (Lipinski definition) is 4. The third-order valence-corrected chi connectivity index (χ3v) is 4.80. The molecule has 5 nitrogen and oxygen atoms in total. The number of carbonyl (C=O) groups is 1. The van der Waals surface area contributed by atoms with Crippen molar-refractivity contribution in [3.8, 4) is 0 Å². The zero-order valence-corrected chi connectivity index (χ0v) is 13.1. The Morgan fingerprint density at radius 1 is 1.27 bits per heavy atom. The van der Waals surface area contributed by atoms with E-state index in [1.54, 1.807) is 4.90 Å². The van der Waals surface area contributed by atoms with Crippen LogP contribution in [0.1, 0.15) is 18.5 Å². The lowest BCUT2D eigenvalue weighted by molar-refractivity contribution is -0.139. The highest BCUT2D eigenvalue weighted by atomic mass is 19.1. The van der Waals surface area contributed by atoms with Crippen molar-refractivity contribution < 1.29 is 9.18 Å². The highest BCUT2D eigenvalue weighted by Gasteiger charge is 2.35. The van der Waals surface area contributed by atoms with Crippen molar-refractivity contribution in [2.75, 3.05) is 33.2 Å². The van der Waals surface area contributed by atoms with Gasteiger partial charge < -0.3 is 4.90 Å². The number of likely N-dealkylation sites (N-methyl/N-ethyl adjacent to an activating group) is 1. The fourth-order valence-corrected chi connectivity index (χ4v) is 3.34. The number of benzene rings is 1. The molecule has 2 fully saturated rings. The minimum absolute atomic E-state index is 0.0757. The Morgan fingerprint density at radius 2 is 2.00 bits per heavy atom. The lowest BCUT2D eigenvalue weighted by Gasteiger charge is -2.39. The first-order chi connectivity index (χ1) is 10.6. The van der Waals surface area contributed by atoms with Crippen LogP contribution in [0.2, 0.25) is 0 Å². The number of hydrogen-bond donors (Lipinski definition) is 2. The van der Waals surface area contributed by atoms with Gasteiger partial charge in [-0.15, -0.1) is 0 Å². The first kappa shape index (κ1) is 15.4. The average molecular weight is 306 g/mol. The number of hydrazine groups is 1. The lowest BCUT2D eigenvalue weighted by atomic mass is 9.93. The van der Waals surface area contributed by atoms with Gasteiger partial charge in [0.25, 0.3) is 0 Å². The Bertz CT molecular complexity index is 535. The molecule has 2 N–H and O–H groups in total. The summed E-state index contributed by atoms with van der Waals surface area (Å²) in [6.07, 6.45) is 0. The number of halogens is 1. The maximum Gasteiger partial charge on any atom is 0.239 e. The molecule has 2 aliphatic rings. The van der Waals surface area contributed by atoms with Crippen LogP contribution < -0.4 is 10.9 Å². The van der Waals surface area contributed by atoms with E-state index in [-0.39, 0.29) is 23.8 Å². The molecule has 0 aliphatic carbocycles. The first-order valence-electron chi connectivity index (χ1n) is 7.79.